The van der Waals surface area contributed by atoms with Gasteiger partial charge in [-0.3, -0.25) is 14.3 Å². The Balaban J connectivity index is 2.27. The van der Waals surface area contributed by atoms with Gasteiger partial charge in [-0.15, -0.1) is 0 Å². The van der Waals surface area contributed by atoms with Gasteiger partial charge in [0.15, 0.2) is 0 Å². The van der Waals surface area contributed by atoms with Crippen molar-refractivity contribution < 1.29 is 4.74 Å². The molecule has 1 aromatic rings. The molecule has 0 spiro atoms. The number of aromatic amines is 1. The van der Waals surface area contributed by atoms with Crippen molar-refractivity contribution in [3.05, 3.63) is 33.1 Å². The van der Waals surface area contributed by atoms with Crippen molar-refractivity contribution in [1.82, 2.24) is 9.55 Å². The topological polar surface area (TPSA) is 116 Å². The van der Waals surface area contributed by atoms with Crippen molar-refractivity contribution in [2.45, 2.75) is 24.8 Å². The summed E-state index contributed by atoms with van der Waals surface area (Å²) < 4.78 is 6.84. The molecule has 7 nitrogen and oxygen atoms in total. The van der Waals surface area contributed by atoms with Crippen LogP contribution in [0.1, 0.15) is 12.6 Å². The Bertz CT molecular complexity index is 480. The summed E-state index contributed by atoms with van der Waals surface area (Å²) in [5, 5.41) is 0. The average molecular weight is 226 g/mol. The number of nitrogens with zero attached hydrogens (tertiary/aromatic N) is 1. The third-order valence-electron chi connectivity index (χ3n) is 2.68. The molecule has 0 amide bonds. The molecule has 3 unspecified atom stereocenters. The van der Waals surface area contributed by atoms with Gasteiger partial charge in [0.05, 0.1) is 6.10 Å². The van der Waals surface area contributed by atoms with E-state index >= 15 is 0 Å². The number of hydrogen-bond donors (Lipinski definition) is 3. The van der Waals surface area contributed by atoms with Crippen molar-refractivity contribution >= 4 is 0 Å². The fourth-order valence-electron chi connectivity index (χ4n) is 1.81. The number of hydrogen-bond acceptors (Lipinski definition) is 5. The van der Waals surface area contributed by atoms with Gasteiger partial charge >= 0.3 is 5.69 Å². The van der Waals surface area contributed by atoms with Crippen LogP contribution in [0, 0.1) is 0 Å². The van der Waals surface area contributed by atoms with Crippen molar-refractivity contribution in [2.75, 3.05) is 6.54 Å². The van der Waals surface area contributed by atoms with E-state index in [1.807, 2.05) is 0 Å². The van der Waals surface area contributed by atoms with Gasteiger partial charge in [0.25, 0.3) is 5.56 Å². The van der Waals surface area contributed by atoms with Crippen LogP contribution in [0.3, 0.4) is 0 Å². The zero-order chi connectivity index (χ0) is 11.7. The average Bonchev–Trinajstić information content (AvgIpc) is 2.59. The molecule has 2 heterocycles. The van der Waals surface area contributed by atoms with E-state index in [1.54, 1.807) is 0 Å². The fraction of sp³-hybridized carbons (Fsp3) is 0.556. The second kappa shape index (κ2) is 4.20. The minimum Gasteiger partial charge on any atom is -0.352 e. The SMILES string of the molecule is NCC1OC(n2ccc(=O)[nH]c2=O)CC1N. The Morgan fingerprint density at radius 2 is 2.31 bits per heavy atom. The molecule has 7 heteroatoms. The molecule has 3 atom stereocenters. The first-order valence-corrected chi connectivity index (χ1v) is 5.04. The minimum absolute atomic E-state index is 0.186. The summed E-state index contributed by atoms with van der Waals surface area (Å²) in [5.41, 5.74) is 10.4. The molecule has 88 valence electrons. The predicted molar refractivity (Wildman–Crippen MR) is 56.9 cm³/mol. The maximum absolute atomic E-state index is 11.5. The Hall–Kier alpha value is -1.44. The molecule has 1 saturated heterocycles. The van der Waals surface area contributed by atoms with Gasteiger partial charge in [-0.05, 0) is 0 Å². The number of H-pyrrole nitrogens is 1. The normalized spacial score (nSPS) is 29.5. The van der Waals surface area contributed by atoms with Crippen LogP contribution in [0.25, 0.3) is 0 Å². The van der Waals surface area contributed by atoms with E-state index in [4.69, 9.17) is 16.2 Å². The highest BCUT2D eigenvalue weighted by Crippen LogP contribution is 2.25. The summed E-state index contributed by atoms with van der Waals surface area (Å²) in [5.74, 6) is 0. The third-order valence-corrected chi connectivity index (χ3v) is 2.68. The summed E-state index contributed by atoms with van der Waals surface area (Å²) in [6.07, 6.45) is 1.21. The lowest BCUT2D eigenvalue weighted by molar-refractivity contribution is 0.00166. The molecule has 0 aromatic carbocycles. The first-order chi connectivity index (χ1) is 7.61. The van der Waals surface area contributed by atoms with E-state index in [0.717, 1.165) is 0 Å². The standard InChI is InChI=1S/C9H14N4O3/c10-4-6-5(11)3-8(16-6)13-2-1-7(14)12-9(13)15/h1-2,5-6,8H,3-4,10-11H2,(H,12,14,15). The Labute approximate surface area is 91.0 Å². The summed E-state index contributed by atoms with van der Waals surface area (Å²) in [4.78, 5) is 24.5. The minimum atomic E-state index is -0.498. The lowest BCUT2D eigenvalue weighted by atomic mass is 10.1. The maximum Gasteiger partial charge on any atom is 0.330 e. The number of nitrogens with one attached hydrogen (secondary N) is 1. The van der Waals surface area contributed by atoms with Crippen molar-refractivity contribution in [3.8, 4) is 0 Å². The van der Waals surface area contributed by atoms with Crippen LogP contribution in [-0.2, 0) is 4.74 Å². The monoisotopic (exact) mass is 226 g/mol. The molecule has 2 rings (SSSR count). The molecule has 1 aliphatic rings. The van der Waals surface area contributed by atoms with E-state index in [2.05, 4.69) is 4.98 Å². The van der Waals surface area contributed by atoms with Crippen molar-refractivity contribution in [1.29, 1.82) is 0 Å². The summed E-state index contributed by atoms with van der Waals surface area (Å²) >= 11 is 0. The van der Waals surface area contributed by atoms with Crippen LogP contribution >= 0.6 is 0 Å². The zero-order valence-corrected chi connectivity index (χ0v) is 8.63. The van der Waals surface area contributed by atoms with Crippen LogP contribution in [0.2, 0.25) is 0 Å². The van der Waals surface area contributed by atoms with E-state index in [-0.39, 0.29) is 12.1 Å². The van der Waals surface area contributed by atoms with Crippen LogP contribution in [0.5, 0.6) is 0 Å². The summed E-state index contributed by atoms with van der Waals surface area (Å²) in [7, 11) is 0. The highest BCUT2D eigenvalue weighted by Gasteiger charge is 2.33. The fourth-order valence-corrected chi connectivity index (χ4v) is 1.81. The van der Waals surface area contributed by atoms with E-state index in [1.165, 1.54) is 16.8 Å². The molecule has 0 radical (unpaired) electrons. The molecule has 0 saturated carbocycles. The van der Waals surface area contributed by atoms with Crippen LogP contribution in [0.15, 0.2) is 21.9 Å². The quantitative estimate of drug-likeness (QED) is 0.545. The van der Waals surface area contributed by atoms with Crippen molar-refractivity contribution in [2.24, 2.45) is 11.5 Å². The number of nitrogens with two attached hydrogens (primary N) is 2. The number of rotatable bonds is 2. The highest BCUT2D eigenvalue weighted by molar-refractivity contribution is 4.89. The molecule has 16 heavy (non-hydrogen) atoms. The molecule has 5 N–H and O–H groups in total. The van der Waals surface area contributed by atoms with Crippen molar-refractivity contribution in [3.63, 3.8) is 0 Å². The molecule has 0 aliphatic carbocycles. The lowest BCUT2D eigenvalue weighted by Crippen LogP contribution is -2.35. The van der Waals surface area contributed by atoms with E-state index < -0.39 is 17.5 Å². The predicted octanol–water partition coefficient (Wildman–Crippen LogP) is -1.89. The molecular formula is C9H14N4O3. The lowest BCUT2D eigenvalue weighted by Gasteiger charge is -2.14. The van der Waals surface area contributed by atoms with Gasteiger partial charge in [-0.1, -0.05) is 0 Å². The molecule has 1 aliphatic heterocycles. The largest absolute Gasteiger partial charge is 0.352 e. The van der Waals surface area contributed by atoms with Gasteiger partial charge in [-0.25, -0.2) is 4.79 Å². The second-order valence-corrected chi connectivity index (χ2v) is 3.78. The number of aromatic nitrogens is 2. The maximum atomic E-state index is 11.5. The van der Waals surface area contributed by atoms with Crippen LogP contribution in [-0.4, -0.2) is 28.2 Å². The van der Waals surface area contributed by atoms with Gasteiger partial charge in [0, 0.05) is 31.3 Å². The molecule has 1 fully saturated rings. The second-order valence-electron chi connectivity index (χ2n) is 3.78. The first kappa shape index (κ1) is 11.1. The summed E-state index contributed by atoms with van der Waals surface area (Å²) in [6, 6.07) is 1.08. The number of ether oxygens (including phenoxy) is 1. The Kier molecular flexibility index (Phi) is 2.90. The van der Waals surface area contributed by atoms with Gasteiger partial charge in [0.2, 0.25) is 0 Å². The highest BCUT2D eigenvalue weighted by atomic mass is 16.5. The van der Waals surface area contributed by atoms with Crippen LogP contribution < -0.4 is 22.7 Å². The Morgan fingerprint density at radius 1 is 1.56 bits per heavy atom. The first-order valence-electron chi connectivity index (χ1n) is 5.04. The molecule has 0 bridgehead atoms. The third kappa shape index (κ3) is 1.92. The summed E-state index contributed by atoms with van der Waals surface area (Å²) in [6.45, 7) is 0.315. The van der Waals surface area contributed by atoms with Gasteiger partial charge in [0.1, 0.15) is 6.23 Å². The van der Waals surface area contributed by atoms with E-state index in [9.17, 15) is 9.59 Å². The van der Waals surface area contributed by atoms with E-state index in [0.29, 0.717) is 13.0 Å². The Morgan fingerprint density at radius 3 is 2.88 bits per heavy atom. The van der Waals surface area contributed by atoms with Crippen LogP contribution in [0.4, 0.5) is 0 Å². The molecular weight excluding hydrogens is 212 g/mol. The van der Waals surface area contributed by atoms with Gasteiger partial charge in [-0.2, -0.15) is 0 Å². The van der Waals surface area contributed by atoms with Gasteiger partial charge < -0.3 is 16.2 Å². The molecule has 1 aromatic heterocycles. The zero-order valence-electron chi connectivity index (χ0n) is 8.63. The smallest absolute Gasteiger partial charge is 0.330 e.